The second-order valence-corrected chi connectivity index (χ2v) is 5.16. The summed E-state index contributed by atoms with van der Waals surface area (Å²) in [4.78, 5) is 23.6. The molecule has 25 heavy (non-hydrogen) atoms. The van der Waals surface area contributed by atoms with Crippen molar-refractivity contribution in [3.05, 3.63) is 54.0 Å². The van der Waals surface area contributed by atoms with Crippen LogP contribution in [-0.4, -0.2) is 45.5 Å². The lowest BCUT2D eigenvalue weighted by Gasteiger charge is -2.04. The molecule has 0 aliphatic rings. The number of carbonyl (C=O) groups is 2. The molecule has 0 fully saturated rings. The van der Waals surface area contributed by atoms with Gasteiger partial charge in [0.1, 0.15) is 0 Å². The van der Waals surface area contributed by atoms with Gasteiger partial charge in [0, 0.05) is 24.7 Å². The minimum atomic E-state index is -0.325. The molecular weight excluding hydrogens is 324 g/mol. The Balaban J connectivity index is 1.41. The number of aromatic nitrogens is 4. The molecule has 3 rings (SSSR count). The van der Waals surface area contributed by atoms with Gasteiger partial charge in [-0.1, -0.05) is 35.5 Å². The van der Waals surface area contributed by atoms with Crippen LogP contribution in [0.25, 0.3) is 11.3 Å². The molecule has 0 unspecified atom stereocenters. The van der Waals surface area contributed by atoms with Gasteiger partial charge in [0.05, 0.1) is 6.20 Å². The Bertz CT molecular complexity index is 829. The van der Waals surface area contributed by atoms with Crippen molar-refractivity contribution in [3.63, 3.8) is 0 Å². The quantitative estimate of drug-likeness (QED) is 0.551. The highest BCUT2D eigenvalue weighted by atomic mass is 16.5. The van der Waals surface area contributed by atoms with Gasteiger partial charge in [-0.2, -0.15) is 15.4 Å². The third kappa shape index (κ3) is 4.28. The van der Waals surface area contributed by atoms with E-state index in [4.69, 9.17) is 4.52 Å². The Morgan fingerprint density at radius 2 is 1.76 bits per heavy atom. The molecule has 0 aliphatic carbocycles. The van der Waals surface area contributed by atoms with Gasteiger partial charge in [0.25, 0.3) is 11.8 Å². The minimum absolute atomic E-state index is 0.213. The van der Waals surface area contributed by atoms with Crippen molar-refractivity contribution in [2.75, 3.05) is 13.1 Å². The number of amides is 2. The van der Waals surface area contributed by atoms with Crippen LogP contribution in [0.15, 0.2) is 47.1 Å². The molecule has 1 aromatic carbocycles. The van der Waals surface area contributed by atoms with Crippen molar-refractivity contribution < 1.29 is 14.1 Å². The number of carbonyl (C=O) groups excluding carboxylic acids is 2. The van der Waals surface area contributed by atoms with Gasteiger partial charge in [0.2, 0.25) is 0 Å². The number of aromatic amines is 1. The summed E-state index contributed by atoms with van der Waals surface area (Å²) in [5.74, 6) is -0.108. The first-order chi connectivity index (χ1) is 12.2. The molecule has 3 N–H and O–H groups in total. The molecule has 3 aromatic rings. The SMILES string of the molecule is O=C(NCCCNC(=O)c1cc(-c2ccccc2)on1)c1cn[nH]n1. The molecule has 128 valence electrons. The second kappa shape index (κ2) is 7.86. The van der Waals surface area contributed by atoms with E-state index < -0.39 is 0 Å². The first-order valence-electron chi connectivity index (χ1n) is 7.68. The Labute approximate surface area is 142 Å². The largest absolute Gasteiger partial charge is 0.355 e. The van der Waals surface area contributed by atoms with E-state index in [2.05, 4.69) is 31.2 Å². The number of hydrogen-bond donors (Lipinski definition) is 3. The fourth-order valence-electron chi connectivity index (χ4n) is 2.11. The molecule has 0 atom stereocenters. The maximum atomic E-state index is 12.0. The monoisotopic (exact) mass is 340 g/mol. The van der Waals surface area contributed by atoms with Crippen LogP contribution >= 0.6 is 0 Å². The van der Waals surface area contributed by atoms with Gasteiger partial charge in [-0.3, -0.25) is 9.59 Å². The molecule has 2 heterocycles. The summed E-state index contributed by atoms with van der Waals surface area (Å²) in [6.45, 7) is 0.797. The van der Waals surface area contributed by atoms with E-state index in [0.29, 0.717) is 25.3 Å². The van der Waals surface area contributed by atoms with Crippen molar-refractivity contribution in [3.8, 4) is 11.3 Å². The molecular formula is C16H16N6O3. The van der Waals surface area contributed by atoms with Gasteiger partial charge in [0.15, 0.2) is 17.1 Å². The maximum absolute atomic E-state index is 12.0. The number of hydrogen-bond acceptors (Lipinski definition) is 6. The molecule has 0 spiro atoms. The van der Waals surface area contributed by atoms with E-state index in [-0.39, 0.29) is 23.2 Å². The van der Waals surface area contributed by atoms with Crippen molar-refractivity contribution in [2.24, 2.45) is 0 Å². The van der Waals surface area contributed by atoms with E-state index in [9.17, 15) is 9.59 Å². The number of rotatable bonds is 7. The van der Waals surface area contributed by atoms with Crippen LogP contribution in [0.5, 0.6) is 0 Å². The summed E-state index contributed by atoms with van der Waals surface area (Å²) < 4.78 is 5.19. The van der Waals surface area contributed by atoms with Gasteiger partial charge >= 0.3 is 0 Å². The zero-order chi connectivity index (χ0) is 17.5. The highest BCUT2D eigenvalue weighted by Gasteiger charge is 2.13. The van der Waals surface area contributed by atoms with E-state index in [1.54, 1.807) is 6.07 Å². The summed E-state index contributed by atoms with van der Waals surface area (Å²) in [6, 6.07) is 11.0. The van der Waals surface area contributed by atoms with Crippen LogP contribution in [0.1, 0.15) is 27.4 Å². The number of H-pyrrole nitrogens is 1. The van der Waals surface area contributed by atoms with E-state index in [1.807, 2.05) is 30.3 Å². The summed E-state index contributed by atoms with van der Waals surface area (Å²) >= 11 is 0. The zero-order valence-corrected chi connectivity index (χ0v) is 13.2. The highest BCUT2D eigenvalue weighted by molar-refractivity contribution is 5.93. The van der Waals surface area contributed by atoms with E-state index in [1.165, 1.54) is 6.20 Å². The smallest absolute Gasteiger partial charge is 0.273 e. The fourth-order valence-corrected chi connectivity index (χ4v) is 2.11. The average Bonchev–Trinajstić information content (AvgIpc) is 3.34. The zero-order valence-electron chi connectivity index (χ0n) is 13.2. The molecule has 2 aromatic heterocycles. The van der Waals surface area contributed by atoms with Crippen LogP contribution in [-0.2, 0) is 0 Å². The van der Waals surface area contributed by atoms with Crippen molar-refractivity contribution >= 4 is 11.8 Å². The molecule has 0 aliphatic heterocycles. The summed E-state index contributed by atoms with van der Waals surface area (Å²) in [7, 11) is 0. The second-order valence-electron chi connectivity index (χ2n) is 5.16. The normalized spacial score (nSPS) is 10.4. The standard InChI is InChI=1S/C16H16N6O3/c23-15(12-9-14(25-21-12)11-5-2-1-3-6-11)17-7-4-8-18-16(24)13-10-19-22-20-13/h1-3,5-6,9-10H,4,7-8H2,(H,17,23)(H,18,24)(H,19,20,22). The van der Waals surface area contributed by atoms with Crippen molar-refractivity contribution in [1.82, 2.24) is 31.2 Å². The Morgan fingerprint density at radius 3 is 2.44 bits per heavy atom. The lowest BCUT2D eigenvalue weighted by atomic mass is 10.1. The number of nitrogens with zero attached hydrogens (tertiary/aromatic N) is 3. The molecule has 9 nitrogen and oxygen atoms in total. The summed E-state index contributed by atoms with van der Waals surface area (Å²) in [5.41, 5.74) is 1.29. The van der Waals surface area contributed by atoms with E-state index >= 15 is 0 Å². The lowest BCUT2D eigenvalue weighted by Crippen LogP contribution is -2.30. The molecule has 0 bridgehead atoms. The lowest BCUT2D eigenvalue weighted by molar-refractivity contribution is 0.0944. The summed E-state index contributed by atoms with van der Waals surface area (Å²) in [6.07, 6.45) is 1.91. The molecule has 9 heteroatoms. The number of nitrogens with one attached hydrogen (secondary N) is 3. The minimum Gasteiger partial charge on any atom is -0.355 e. The van der Waals surface area contributed by atoms with E-state index in [0.717, 1.165) is 5.56 Å². The third-order valence-electron chi connectivity index (χ3n) is 3.37. The Kier molecular flexibility index (Phi) is 5.15. The van der Waals surface area contributed by atoms with Crippen molar-refractivity contribution in [1.29, 1.82) is 0 Å². The molecule has 0 saturated carbocycles. The van der Waals surface area contributed by atoms with Gasteiger partial charge < -0.3 is 15.2 Å². The van der Waals surface area contributed by atoms with Crippen LogP contribution in [0.4, 0.5) is 0 Å². The van der Waals surface area contributed by atoms with Gasteiger partial charge in [-0.25, -0.2) is 0 Å². The maximum Gasteiger partial charge on any atom is 0.273 e. The first-order valence-corrected chi connectivity index (χ1v) is 7.68. The fraction of sp³-hybridized carbons (Fsp3) is 0.188. The topological polar surface area (TPSA) is 126 Å². The van der Waals surface area contributed by atoms with Crippen LogP contribution in [0, 0.1) is 0 Å². The van der Waals surface area contributed by atoms with Crippen LogP contribution in [0.3, 0.4) is 0 Å². The molecule has 0 radical (unpaired) electrons. The predicted octanol–water partition coefficient (Wildman–Crippen LogP) is 1.01. The van der Waals surface area contributed by atoms with Gasteiger partial charge in [-0.05, 0) is 6.42 Å². The molecule has 2 amide bonds. The van der Waals surface area contributed by atoms with Crippen LogP contribution < -0.4 is 10.6 Å². The summed E-state index contributed by atoms with van der Waals surface area (Å²) in [5, 5.41) is 18.8. The molecule has 0 saturated heterocycles. The van der Waals surface area contributed by atoms with Crippen LogP contribution in [0.2, 0.25) is 0 Å². The first kappa shape index (κ1) is 16.4. The third-order valence-corrected chi connectivity index (χ3v) is 3.37. The van der Waals surface area contributed by atoms with Crippen molar-refractivity contribution in [2.45, 2.75) is 6.42 Å². The predicted molar refractivity (Wildman–Crippen MR) is 87.6 cm³/mol. The highest BCUT2D eigenvalue weighted by Crippen LogP contribution is 2.19. The Hall–Kier alpha value is -3.49. The van der Waals surface area contributed by atoms with Gasteiger partial charge in [-0.15, -0.1) is 0 Å². The average molecular weight is 340 g/mol. The number of benzene rings is 1. The Morgan fingerprint density at radius 1 is 1.04 bits per heavy atom.